The highest BCUT2D eigenvalue weighted by atomic mass is 15.1. The lowest BCUT2D eigenvalue weighted by atomic mass is 10.1. The Balaban J connectivity index is 0.000000791. The molecule has 0 aliphatic heterocycles. The van der Waals surface area contributed by atoms with Gasteiger partial charge in [0.15, 0.2) is 0 Å². The van der Waals surface area contributed by atoms with E-state index in [1.165, 1.54) is 5.56 Å². The monoisotopic (exact) mass is 193 g/mol. The average Bonchev–Trinajstić information content (AvgIpc) is 2.30. The van der Waals surface area contributed by atoms with Gasteiger partial charge in [-0.3, -0.25) is 0 Å². The minimum Gasteiger partial charge on any atom is -0.306 e. The summed E-state index contributed by atoms with van der Waals surface area (Å²) in [6.07, 6.45) is 1.16. The highest BCUT2D eigenvalue weighted by molar-refractivity contribution is 5.14. The minimum absolute atomic E-state index is 1.13. The number of nitrogens with zero attached hydrogens (tertiary/aromatic N) is 1. The summed E-state index contributed by atoms with van der Waals surface area (Å²) in [7, 11) is 2.16. The van der Waals surface area contributed by atoms with Gasteiger partial charge < -0.3 is 4.90 Å². The molecule has 1 heteroatoms. The lowest BCUT2D eigenvalue weighted by Crippen LogP contribution is -2.20. The van der Waals surface area contributed by atoms with Gasteiger partial charge in [0.2, 0.25) is 0 Å². The normalized spacial score (nSPS) is 9.50. The number of benzene rings is 1. The molecule has 0 saturated carbocycles. The van der Waals surface area contributed by atoms with Crippen molar-refractivity contribution in [1.82, 2.24) is 4.90 Å². The molecule has 1 rings (SSSR count). The van der Waals surface area contributed by atoms with E-state index in [0.717, 1.165) is 19.5 Å². The van der Waals surface area contributed by atoms with E-state index in [1.807, 2.05) is 13.8 Å². The van der Waals surface area contributed by atoms with Gasteiger partial charge in [0.25, 0.3) is 0 Å². The molecular weight excluding hydrogens is 170 g/mol. The summed E-state index contributed by atoms with van der Waals surface area (Å²) in [6.45, 7) is 8.47. The first-order valence-corrected chi connectivity index (χ1v) is 5.55. The van der Waals surface area contributed by atoms with Gasteiger partial charge in [0.1, 0.15) is 0 Å². The minimum atomic E-state index is 1.13. The van der Waals surface area contributed by atoms with Crippen LogP contribution in [0.3, 0.4) is 0 Å². The second-order valence-electron chi connectivity index (χ2n) is 3.13. The third-order valence-electron chi connectivity index (χ3n) is 2.16. The summed E-state index contributed by atoms with van der Waals surface area (Å²) >= 11 is 0. The Hall–Kier alpha value is -0.820. The molecule has 0 saturated heterocycles. The fourth-order valence-corrected chi connectivity index (χ4v) is 1.12. The van der Waals surface area contributed by atoms with E-state index in [9.17, 15) is 0 Å². The average molecular weight is 193 g/mol. The Morgan fingerprint density at radius 1 is 1.07 bits per heavy atom. The van der Waals surface area contributed by atoms with Crippen molar-refractivity contribution in [1.29, 1.82) is 0 Å². The van der Waals surface area contributed by atoms with Crippen LogP contribution in [-0.4, -0.2) is 25.0 Å². The van der Waals surface area contributed by atoms with Crippen molar-refractivity contribution in [3.8, 4) is 0 Å². The molecule has 0 radical (unpaired) electrons. The summed E-state index contributed by atoms with van der Waals surface area (Å²) in [5.41, 5.74) is 1.43. The first kappa shape index (κ1) is 13.2. The van der Waals surface area contributed by atoms with Crippen molar-refractivity contribution in [3.05, 3.63) is 35.9 Å². The van der Waals surface area contributed by atoms with Gasteiger partial charge in [-0.1, -0.05) is 51.1 Å². The van der Waals surface area contributed by atoms with E-state index in [-0.39, 0.29) is 0 Å². The van der Waals surface area contributed by atoms with Crippen LogP contribution in [0.25, 0.3) is 0 Å². The molecule has 0 bridgehead atoms. The van der Waals surface area contributed by atoms with E-state index < -0.39 is 0 Å². The number of likely N-dealkylation sites (N-methyl/N-ethyl adjacent to an activating group) is 1. The Morgan fingerprint density at radius 3 is 2.14 bits per heavy atom. The molecule has 0 spiro atoms. The summed E-state index contributed by atoms with van der Waals surface area (Å²) < 4.78 is 0. The Morgan fingerprint density at radius 2 is 1.64 bits per heavy atom. The molecule has 0 aromatic heterocycles. The predicted octanol–water partition coefficient (Wildman–Crippen LogP) is 3.21. The van der Waals surface area contributed by atoms with Gasteiger partial charge in [0.05, 0.1) is 0 Å². The van der Waals surface area contributed by atoms with Crippen LogP contribution in [0.5, 0.6) is 0 Å². The molecular formula is C13H23N. The molecule has 14 heavy (non-hydrogen) atoms. The van der Waals surface area contributed by atoms with Gasteiger partial charge in [0, 0.05) is 6.54 Å². The summed E-state index contributed by atoms with van der Waals surface area (Å²) in [6, 6.07) is 10.6. The van der Waals surface area contributed by atoms with Crippen LogP contribution in [-0.2, 0) is 6.42 Å². The molecule has 1 aromatic carbocycles. The maximum absolute atomic E-state index is 2.33. The van der Waals surface area contributed by atoms with Crippen molar-refractivity contribution in [3.63, 3.8) is 0 Å². The Kier molecular flexibility index (Phi) is 8.25. The number of hydrogen-bond acceptors (Lipinski definition) is 1. The van der Waals surface area contributed by atoms with E-state index in [0.29, 0.717) is 0 Å². The van der Waals surface area contributed by atoms with E-state index in [4.69, 9.17) is 0 Å². The predicted molar refractivity (Wildman–Crippen MR) is 64.7 cm³/mol. The van der Waals surface area contributed by atoms with Gasteiger partial charge in [-0.2, -0.15) is 0 Å². The van der Waals surface area contributed by atoms with Crippen molar-refractivity contribution >= 4 is 0 Å². The van der Waals surface area contributed by atoms with Crippen LogP contribution >= 0.6 is 0 Å². The Labute approximate surface area is 88.8 Å². The van der Waals surface area contributed by atoms with Gasteiger partial charge in [-0.15, -0.1) is 0 Å². The molecule has 0 unspecified atom stereocenters. The zero-order chi connectivity index (χ0) is 10.8. The maximum atomic E-state index is 2.33. The third kappa shape index (κ3) is 5.76. The molecule has 0 fully saturated rings. The summed E-state index contributed by atoms with van der Waals surface area (Å²) in [5.74, 6) is 0. The zero-order valence-corrected chi connectivity index (χ0v) is 9.96. The Bertz CT molecular complexity index is 206. The second-order valence-corrected chi connectivity index (χ2v) is 3.13. The quantitative estimate of drug-likeness (QED) is 0.709. The molecule has 1 aromatic rings. The van der Waals surface area contributed by atoms with E-state index in [2.05, 4.69) is 49.2 Å². The zero-order valence-electron chi connectivity index (χ0n) is 9.96. The van der Waals surface area contributed by atoms with Crippen LogP contribution in [0.1, 0.15) is 26.3 Å². The van der Waals surface area contributed by atoms with Crippen molar-refractivity contribution < 1.29 is 0 Å². The first-order valence-electron chi connectivity index (χ1n) is 5.55. The lowest BCUT2D eigenvalue weighted by Gasteiger charge is -2.12. The molecule has 80 valence electrons. The van der Waals surface area contributed by atoms with Crippen LogP contribution in [0, 0.1) is 0 Å². The molecule has 0 amide bonds. The fourth-order valence-electron chi connectivity index (χ4n) is 1.12. The molecule has 0 atom stereocenters. The largest absolute Gasteiger partial charge is 0.306 e. The summed E-state index contributed by atoms with van der Waals surface area (Å²) in [5, 5.41) is 0. The van der Waals surface area contributed by atoms with Crippen molar-refractivity contribution in [2.75, 3.05) is 20.1 Å². The van der Waals surface area contributed by atoms with Gasteiger partial charge in [-0.25, -0.2) is 0 Å². The molecule has 0 N–H and O–H groups in total. The molecule has 0 heterocycles. The lowest BCUT2D eigenvalue weighted by molar-refractivity contribution is 0.357. The topological polar surface area (TPSA) is 3.24 Å². The van der Waals surface area contributed by atoms with Crippen LogP contribution in [0.2, 0.25) is 0 Å². The first-order chi connectivity index (χ1) is 6.83. The molecule has 1 nitrogen and oxygen atoms in total. The number of hydrogen-bond donors (Lipinski definition) is 0. The SMILES string of the molecule is CC.CCN(C)CCc1ccccc1. The third-order valence-corrected chi connectivity index (χ3v) is 2.16. The fraction of sp³-hybridized carbons (Fsp3) is 0.538. The van der Waals surface area contributed by atoms with Crippen LogP contribution in [0.4, 0.5) is 0 Å². The highest BCUT2D eigenvalue weighted by Crippen LogP contribution is 1.99. The van der Waals surface area contributed by atoms with Crippen molar-refractivity contribution in [2.45, 2.75) is 27.2 Å². The van der Waals surface area contributed by atoms with E-state index in [1.54, 1.807) is 0 Å². The van der Waals surface area contributed by atoms with Crippen LogP contribution in [0.15, 0.2) is 30.3 Å². The van der Waals surface area contributed by atoms with Gasteiger partial charge in [-0.05, 0) is 25.6 Å². The van der Waals surface area contributed by atoms with Crippen LogP contribution < -0.4 is 0 Å². The van der Waals surface area contributed by atoms with Crippen molar-refractivity contribution in [2.24, 2.45) is 0 Å². The standard InChI is InChI=1S/C11H17N.C2H6/c1-3-12(2)10-9-11-7-5-4-6-8-11;1-2/h4-8H,3,9-10H2,1-2H3;1-2H3. The second kappa shape index (κ2) is 8.76. The molecule has 0 aliphatic rings. The maximum Gasteiger partial charge on any atom is 0.00187 e. The van der Waals surface area contributed by atoms with Gasteiger partial charge >= 0.3 is 0 Å². The summed E-state index contributed by atoms with van der Waals surface area (Å²) in [4.78, 5) is 2.33. The smallest absolute Gasteiger partial charge is 0.00187 e. The molecule has 0 aliphatic carbocycles. The van der Waals surface area contributed by atoms with E-state index >= 15 is 0 Å². The number of rotatable bonds is 4. The highest BCUT2D eigenvalue weighted by Gasteiger charge is 1.94.